The van der Waals surface area contributed by atoms with Gasteiger partial charge < -0.3 is 14.8 Å². The van der Waals surface area contributed by atoms with Crippen molar-refractivity contribution >= 4 is 5.91 Å². The fourth-order valence-corrected chi connectivity index (χ4v) is 4.65. The molecule has 0 aliphatic carbocycles. The zero-order chi connectivity index (χ0) is 18.8. The van der Waals surface area contributed by atoms with Crippen LogP contribution in [-0.2, 0) is 20.8 Å². The topological polar surface area (TPSA) is 50.8 Å². The summed E-state index contributed by atoms with van der Waals surface area (Å²) in [6.07, 6.45) is 2.84. The fourth-order valence-electron chi connectivity index (χ4n) is 4.65. The van der Waals surface area contributed by atoms with Crippen LogP contribution >= 0.6 is 0 Å². The van der Waals surface area contributed by atoms with Crippen LogP contribution in [0.5, 0.6) is 0 Å². The normalized spacial score (nSPS) is 29.0. The summed E-state index contributed by atoms with van der Waals surface area (Å²) in [6.45, 7) is 6.08. The van der Waals surface area contributed by atoms with Crippen molar-refractivity contribution in [3.05, 3.63) is 35.1 Å². The van der Waals surface area contributed by atoms with Gasteiger partial charge in [0.05, 0.1) is 12.0 Å². The van der Waals surface area contributed by atoms with E-state index in [-0.39, 0.29) is 29.8 Å². The summed E-state index contributed by atoms with van der Waals surface area (Å²) < 4.78 is 25.5. The largest absolute Gasteiger partial charge is 0.381 e. The first-order valence-electron chi connectivity index (χ1n) is 10.1. The highest BCUT2D eigenvalue weighted by Crippen LogP contribution is 2.35. The van der Waals surface area contributed by atoms with E-state index in [2.05, 4.69) is 10.2 Å². The summed E-state index contributed by atoms with van der Waals surface area (Å²) in [7, 11) is 0. The second kappa shape index (κ2) is 8.25. The Balaban J connectivity index is 1.39. The molecule has 6 heteroatoms. The first kappa shape index (κ1) is 18.8. The molecule has 3 atom stereocenters. The van der Waals surface area contributed by atoms with Gasteiger partial charge >= 0.3 is 0 Å². The second-order valence-corrected chi connectivity index (χ2v) is 8.12. The van der Waals surface area contributed by atoms with Gasteiger partial charge in [-0.1, -0.05) is 17.7 Å². The summed E-state index contributed by atoms with van der Waals surface area (Å²) in [6, 6.07) is 5.42. The Hall–Kier alpha value is -1.50. The summed E-state index contributed by atoms with van der Waals surface area (Å²) >= 11 is 0. The smallest absolute Gasteiger partial charge is 0.227 e. The number of amides is 1. The number of nitrogens with zero attached hydrogens (tertiary/aromatic N) is 1. The third-order valence-corrected chi connectivity index (χ3v) is 6.22. The first-order chi connectivity index (χ1) is 13.1. The third kappa shape index (κ3) is 4.18. The summed E-state index contributed by atoms with van der Waals surface area (Å²) in [5, 5.41) is 3.14. The molecule has 1 aromatic carbocycles. The van der Waals surface area contributed by atoms with E-state index in [4.69, 9.17) is 9.47 Å². The quantitative estimate of drug-likeness (QED) is 0.857. The van der Waals surface area contributed by atoms with Crippen molar-refractivity contribution in [2.75, 3.05) is 32.9 Å². The highest BCUT2D eigenvalue weighted by Gasteiger charge is 2.48. The molecule has 3 aliphatic heterocycles. The minimum absolute atomic E-state index is 0.0746. The van der Waals surface area contributed by atoms with Crippen LogP contribution in [0.2, 0.25) is 0 Å². The molecule has 3 saturated heterocycles. The van der Waals surface area contributed by atoms with Crippen LogP contribution in [-0.4, -0.2) is 55.9 Å². The third-order valence-electron chi connectivity index (χ3n) is 6.22. The van der Waals surface area contributed by atoms with E-state index in [1.54, 1.807) is 6.07 Å². The van der Waals surface area contributed by atoms with Gasteiger partial charge in [0, 0.05) is 51.1 Å². The van der Waals surface area contributed by atoms with Crippen molar-refractivity contribution in [2.24, 2.45) is 11.8 Å². The van der Waals surface area contributed by atoms with Crippen LogP contribution in [0, 0.1) is 24.6 Å². The van der Waals surface area contributed by atoms with E-state index in [1.807, 2.05) is 13.0 Å². The Labute approximate surface area is 160 Å². The number of fused-ring (bicyclic) bond motifs is 1. The van der Waals surface area contributed by atoms with Gasteiger partial charge in [-0.25, -0.2) is 4.39 Å². The number of nitrogens with one attached hydrogen (secondary N) is 1. The standard InChI is InChI=1S/C21H29FN2O3/c1-14-2-3-18(22)16(10-14)12-24-13-17(20-19(24)6-9-27-20)21(25)23-11-15-4-7-26-8-5-15/h2-3,10,15,17,19-20H,4-9,11-13H2,1H3,(H,23,25)/t17-,19-,20+/m1/s1. The molecule has 0 bridgehead atoms. The molecular formula is C21H29FN2O3. The number of carbonyl (C=O) groups is 1. The molecule has 0 aromatic heterocycles. The Bertz CT molecular complexity index is 677. The predicted molar refractivity (Wildman–Crippen MR) is 99.7 cm³/mol. The zero-order valence-electron chi connectivity index (χ0n) is 16.0. The molecule has 1 N–H and O–H groups in total. The van der Waals surface area contributed by atoms with E-state index in [0.29, 0.717) is 37.7 Å². The van der Waals surface area contributed by atoms with Gasteiger partial charge in [-0.3, -0.25) is 9.69 Å². The van der Waals surface area contributed by atoms with Gasteiger partial charge in [0.15, 0.2) is 0 Å². The molecule has 148 valence electrons. The maximum atomic E-state index is 14.2. The van der Waals surface area contributed by atoms with Crippen molar-refractivity contribution in [3.8, 4) is 0 Å². The molecule has 3 heterocycles. The summed E-state index contributed by atoms with van der Waals surface area (Å²) in [4.78, 5) is 15.1. The molecule has 3 aliphatic rings. The Morgan fingerprint density at radius 2 is 2.07 bits per heavy atom. The van der Waals surface area contributed by atoms with Crippen LogP contribution < -0.4 is 5.32 Å². The maximum absolute atomic E-state index is 14.2. The highest BCUT2D eigenvalue weighted by molar-refractivity contribution is 5.80. The predicted octanol–water partition coefficient (Wildman–Crippen LogP) is 2.27. The van der Waals surface area contributed by atoms with Crippen LogP contribution in [0.25, 0.3) is 0 Å². The van der Waals surface area contributed by atoms with Gasteiger partial charge in [0.2, 0.25) is 5.91 Å². The van der Waals surface area contributed by atoms with E-state index >= 15 is 0 Å². The number of rotatable bonds is 5. The van der Waals surface area contributed by atoms with Gasteiger partial charge in [0.25, 0.3) is 0 Å². The highest BCUT2D eigenvalue weighted by atomic mass is 19.1. The van der Waals surface area contributed by atoms with Crippen LogP contribution in [0.15, 0.2) is 18.2 Å². The average Bonchev–Trinajstić information content (AvgIpc) is 3.27. The minimum Gasteiger partial charge on any atom is -0.381 e. The van der Waals surface area contributed by atoms with Crippen molar-refractivity contribution < 1.29 is 18.7 Å². The monoisotopic (exact) mass is 376 g/mol. The van der Waals surface area contributed by atoms with Crippen LogP contribution in [0.4, 0.5) is 4.39 Å². The lowest BCUT2D eigenvalue weighted by atomic mass is 9.98. The van der Waals surface area contributed by atoms with Crippen molar-refractivity contribution in [2.45, 2.75) is 44.9 Å². The van der Waals surface area contributed by atoms with Crippen molar-refractivity contribution in [1.29, 1.82) is 0 Å². The molecule has 1 aromatic rings. The van der Waals surface area contributed by atoms with E-state index in [9.17, 15) is 9.18 Å². The summed E-state index contributed by atoms with van der Waals surface area (Å²) in [5.41, 5.74) is 1.75. The lowest BCUT2D eigenvalue weighted by molar-refractivity contribution is -0.128. The van der Waals surface area contributed by atoms with E-state index in [0.717, 1.165) is 38.0 Å². The van der Waals surface area contributed by atoms with E-state index in [1.165, 1.54) is 6.07 Å². The number of ether oxygens (including phenoxy) is 2. The molecule has 3 fully saturated rings. The second-order valence-electron chi connectivity index (χ2n) is 8.12. The number of likely N-dealkylation sites (tertiary alicyclic amines) is 1. The van der Waals surface area contributed by atoms with Crippen molar-refractivity contribution in [1.82, 2.24) is 10.2 Å². The number of hydrogen-bond donors (Lipinski definition) is 1. The zero-order valence-corrected chi connectivity index (χ0v) is 16.0. The molecule has 5 nitrogen and oxygen atoms in total. The number of carbonyl (C=O) groups excluding carboxylic acids is 1. The van der Waals surface area contributed by atoms with Crippen molar-refractivity contribution in [3.63, 3.8) is 0 Å². The molecule has 0 saturated carbocycles. The molecule has 0 unspecified atom stereocenters. The fraction of sp³-hybridized carbons (Fsp3) is 0.667. The SMILES string of the molecule is Cc1ccc(F)c(CN2C[C@@H](C(=O)NCC3CCOCC3)[C@@H]3OCC[C@H]32)c1. The number of halogens is 1. The Morgan fingerprint density at radius 3 is 2.89 bits per heavy atom. The molecule has 4 rings (SSSR count). The molecular weight excluding hydrogens is 347 g/mol. The number of benzene rings is 1. The van der Waals surface area contributed by atoms with Crippen LogP contribution in [0.3, 0.4) is 0 Å². The van der Waals surface area contributed by atoms with Gasteiger partial charge in [0.1, 0.15) is 5.82 Å². The molecule has 0 radical (unpaired) electrons. The number of hydrogen-bond acceptors (Lipinski definition) is 4. The Morgan fingerprint density at radius 1 is 1.26 bits per heavy atom. The van der Waals surface area contributed by atoms with Crippen LogP contribution in [0.1, 0.15) is 30.4 Å². The minimum atomic E-state index is -0.177. The molecule has 1 amide bonds. The van der Waals surface area contributed by atoms with Gasteiger partial charge in [-0.2, -0.15) is 0 Å². The lowest BCUT2D eigenvalue weighted by Gasteiger charge is -2.23. The summed E-state index contributed by atoms with van der Waals surface area (Å²) in [5.74, 6) is 0.223. The molecule has 0 spiro atoms. The molecule has 27 heavy (non-hydrogen) atoms. The maximum Gasteiger partial charge on any atom is 0.227 e. The first-order valence-corrected chi connectivity index (χ1v) is 10.1. The number of aryl methyl sites for hydroxylation is 1. The Kier molecular flexibility index (Phi) is 5.76. The van der Waals surface area contributed by atoms with E-state index < -0.39 is 0 Å². The van der Waals surface area contributed by atoms with Gasteiger partial charge in [-0.05, 0) is 38.2 Å². The lowest BCUT2D eigenvalue weighted by Crippen LogP contribution is -2.40. The average molecular weight is 376 g/mol. The van der Waals surface area contributed by atoms with Gasteiger partial charge in [-0.15, -0.1) is 0 Å².